The summed E-state index contributed by atoms with van der Waals surface area (Å²) in [6, 6.07) is 0. The Bertz CT molecular complexity index is 99.5. The van der Waals surface area contributed by atoms with Crippen molar-refractivity contribution in [1.29, 1.82) is 0 Å². The van der Waals surface area contributed by atoms with Gasteiger partial charge in [0.15, 0.2) is 9.76 Å². The number of carbonyl (C=O) groups excluding carboxylic acids is 1. The molecule has 0 heterocycles. The van der Waals surface area contributed by atoms with Gasteiger partial charge in [0.1, 0.15) is 0 Å². The van der Waals surface area contributed by atoms with Crippen LogP contribution in [0.3, 0.4) is 0 Å². The fourth-order valence-corrected chi connectivity index (χ4v) is 1.04. The topological polar surface area (TPSA) is 44.8 Å². The van der Waals surface area contributed by atoms with E-state index in [-0.39, 0.29) is 15.7 Å². The van der Waals surface area contributed by atoms with Gasteiger partial charge in [0.25, 0.3) is 5.97 Å². The Morgan fingerprint density at radius 1 is 1.58 bits per heavy atom. The molecule has 0 aliphatic rings. The maximum absolute atomic E-state index is 9.94. The Morgan fingerprint density at radius 2 is 2.17 bits per heavy atom. The summed E-state index contributed by atoms with van der Waals surface area (Å²) in [4.78, 5) is 9.94. The molecule has 0 radical (unpaired) electrons. The molecule has 72 valence electrons. The molecular formula is C6H17AlO4Si. The molecular weight excluding hydrogens is 191 g/mol. The minimum Gasteiger partial charge on any atom is -0.598 e. The molecule has 0 aliphatic heterocycles. The second-order valence-corrected chi connectivity index (χ2v) is 3.91. The van der Waals surface area contributed by atoms with Crippen LogP contribution < -0.4 is 0 Å². The molecule has 0 atom stereocenters. The van der Waals surface area contributed by atoms with E-state index in [1.807, 2.05) is 6.92 Å². The van der Waals surface area contributed by atoms with Crippen molar-refractivity contribution in [1.82, 2.24) is 0 Å². The second kappa shape index (κ2) is 13.7. The van der Waals surface area contributed by atoms with Crippen LogP contribution >= 0.6 is 0 Å². The van der Waals surface area contributed by atoms with Crippen LogP contribution in [0.15, 0.2) is 0 Å². The third kappa shape index (κ3) is 22.5. The standard InChI is InChI=1S/C3H10OSi.C2H4O2.CH3O.Al.H/c1-3-4-5-2;1-2(3)4;1-2;;/h3,5H2,1-2H3;1H3,(H,3,4);1H3;;/q;;-1;+2;/p-1. The fourth-order valence-electron chi connectivity index (χ4n) is 0.346. The van der Waals surface area contributed by atoms with Gasteiger partial charge >= 0.3 is 15.9 Å². The molecule has 0 saturated heterocycles. The molecule has 0 saturated carbocycles. The summed E-state index contributed by atoms with van der Waals surface area (Å²) in [6.45, 7) is 6.43. The zero-order valence-corrected chi connectivity index (χ0v) is 11.1. The van der Waals surface area contributed by atoms with Crippen LogP contribution in [0.2, 0.25) is 6.55 Å². The van der Waals surface area contributed by atoms with Crippen LogP contribution in [0.5, 0.6) is 0 Å². The predicted molar refractivity (Wildman–Crippen MR) is 52.0 cm³/mol. The lowest BCUT2D eigenvalue weighted by Crippen LogP contribution is -2.05. The van der Waals surface area contributed by atoms with E-state index < -0.39 is 15.9 Å². The maximum Gasteiger partial charge on any atom is 0.742 e. The van der Waals surface area contributed by atoms with Gasteiger partial charge in [-0.25, -0.2) is 0 Å². The average Bonchev–Trinajstić information content (AvgIpc) is 2.03. The van der Waals surface area contributed by atoms with E-state index >= 15 is 0 Å². The highest BCUT2D eigenvalue weighted by Crippen LogP contribution is 1.69. The molecule has 4 nitrogen and oxygen atoms in total. The van der Waals surface area contributed by atoms with Crippen molar-refractivity contribution in [3.63, 3.8) is 0 Å². The summed E-state index contributed by atoms with van der Waals surface area (Å²) in [7, 11) is 1.44. The first-order chi connectivity index (χ1) is 5.68. The summed E-state index contributed by atoms with van der Waals surface area (Å²) in [5.41, 5.74) is 0. The smallest absolute Gasteiger partial charge is 0.598 e. The normalized spacial score (nSPS) is 9.00. The van der Waals surface area contributed by atoms with Gasteiger partial charge in [0.05, 0.1) is 0 Å². The summed E-state index contributed by atoms with van der Waals surface area (Å²) < 4.78 is 14.0. The predicted octanol–water partition coefficient (Wildman–Crippen LogP) is -0.383. The van der Waals surface area contributed by atoms with Crippen molar-refractivity contribution in [2.24, 2.45) is 0 Å². The van der Waals surface area contributed by atoms with E-state index in [1.54, 1.807) is 0 Å². The third-order valence-electron chi connectivity index (χ3n) is 0.788. The van der Waals surface area contributed by atoms with E-state index in [1.165, 1.54) is 14.0 Å². The van der Waals surface area contributed by atoms with Gasteiger partial charge in [-0.05, 0) is 6.92 Å². The Kier molecular flexibility index (Phi) is 16.7. The highest BCUT2D eigenvalue weighted by atomic mass is 28.2. The van der Waals surface area contributed by atoms with Crippen LogP contribution in [-0.2, 0) is 16.8 Å². The summed E-state index contributed by atoms with van der Waals surface area (Å²) in [5.74, 6) is -0.256. The molecule has 6 heteroatoms. The van der Waals surface area contributed by atoms with E-state index in [4.69, 9.17) is 4.43 Å². The summed E-state index contributed by atoms with van der Waals surface area (Å²) >= 11 is -0.975. The van der Waals surface area contributed by atoms with Crippen LogP contribution in [0.1, 0.15) is 13.8 Å². The number of rotatable bonds is 4. The van der Waals surface area contributed by atoms with Crippen LogP contribution in [0.25, 0.3) is 0 Å². The van der Waals surface area contributed by atoms with E-state index in [0.717, 1.165) is 6.61 Å². The Balaban J connectivity index is 0. The third-order valence-corrected chi connectivity index (χ3v) is 2.36. The van der Waals surface area contributed by atoms with E-state index in [0.29, 0.717) is 0 Å². The molecule has 0 rings (SSSR count). The zero-order valence-electron chi connectivity index (χ0n) is 8.25. The van der Waals surface area contributed by atoms with Gasteiger partial charge < -0.3 is 12.0 Å². The molecule has 0 N–H and O–H groups in total. The SMILES string of the molecule is CCO[SiH2]C.C[O][AlH][O]C(C)=O. The van der Waals surface area contributed by atoms with Crippen molar-refractivity contribution in [2.75, 3.05) is 13.7 Å². The molecule has 0 unspecified atom stereocenters. The molecule has 12 heavy (non-hydrogen) atoms. The summed E-state index contributed by atoms with van der Waals surface area (Å²) in [6.07, 6.45) is 0. The average molecular weight is 208 g/mol. The van der Waals surface area contributed by atoms with E-state index in [9.17, 15) is 4.79 Å². The molecule has 0 spiro atoms. The molecule has 0 aromatic rings. The molecule has 0 aromatic heterocycles. The Labute approximate surface area is 82.9 Å². The largest absolute Gasteiger partial charge is 0.742 e. The molecule has 0 amide bonds. The molecule has 0 fully saturated rings. The van der Waals surface area contributed by atoms with Gasteiger partial charge in [0, 0.05) is 20.6 Å². The van der Waals surface area contributed by atoms with Crippen LogP contribution in [0.4, 0.5) is 0 Å². The zero-order chi connectivity index (χ0) is 9.82. The monoisotopic (exact) mass is 208 g/mol. The minimum atomic E-state index is -0.975. The lowest BCUT2D eigenvalue weighted by molar-refractivity contribution is -0.132. The Hall–Kier alpha value is 0.139. The number of hydrogen-bond acceptors (Lipinski definition) is 4. The minimum absolute atomic E-state index is 0.0860. The first kappa shape index (κ1) is 14.7. The van der Waals surface area contributed by atoms with E-state index in [2.05, 4.69) is 14.1 Å². The first-order valence-electron chi connectivity index (χ1n) is 3.89. The Morgan fingerprint density at radius 3 is 2.25 bits per heavy atom. The quantitative estimate of drug-likeness (QED) is 0.591. The van der Waals surface area contributed by atoms with Gasteiger partial charge in [0.2, 0.25) is 0 Å². The molecule has 0 aromatic carbocycles. The highest BCUT2D eigenvalue weighted by molar-refractivity contribution is 6.24. The molecule has 0 aliphatic carbocycles. The lowest BCUT2D eigenvalue weighted by atomic mass is 10.9. The van der Waals surface area contributed by atoms with Crippen molar-refractivity contribution >= 4 is 31.6 Å². The maximum atomic E-state index is 9.94. The first-order valence-corrected chi connectivity index (χ1v) is 7.03. The summed E-state index contributed by atoms with van der Waals surface area (Å²) in [5, 5.41) is 0. The van der Waals surface area contributed by atoms with Gasteiger partial charge in [-0.2, -0.15) is 0 Å². The van der Waals surface area contributed by atoms with Crippen molar-refractivity contribution < 1.29 is 16.8 Å². The number of hydrogen-bond donors (Lipinski definition) is 0. The number of carbonyl (C=O) groups is 1. The van der Waals surface area contributed by atoms with Crippen molar-refractivity contribution in [2.45, 2.75) is 20.4 Å². The van der Waals surface area contributed by atoms with Crippen molar-refractivity contribution in [3.05, 3.63) is 0 Å². The van der Waals surface area contributed by atoms with Gasteiger partial charge in [-0.1, -0.05) is 6.55 Å². The lowest BCUT2D eigenvalue weighted by Gasteiger charge is -1.93. The highest BCUT2D eigenvalue weighted by Gasteiger charge is 1.95. The fraction of sp³-hybridized carbons (Fsp3) is 0.833. The van der Waals surface area contributed by atoms with Crippen LogP contribution in [0, 0.1) is 0 Å². The molecule has 0 bridgehead atoms. The van der Waals surface area contributed by atoms with Gasteiger partial charge in [-0.15, -0.1) is 0 Å². The van der Waals surface area contributed by atoms with Gasteiger partial charge in [-0.3, -0.25) is 4.79 Å². The second-order valence-electron chi connectivity index (χ2n) is 1.82. The van der Waals surface area contributed by atoms with Crippen LogP contribution in [-0.4, -0.2) is 45.3 Å². The van der Waals surface area contributed by atoms with Crippen molar-refractivity contribution in [3.8, 4) is 0 Å².